The molecule has 0 saturated heterocycles. The molecule has 19 heavy (non-hydrogen) atoms. The second-order valence-electron chi connectivity index (χ2n) is 3.22. The van der Waals surface area contributed by atoms with Gasteiger partial charge in [-0.15, -0.1) is 0 Å². The second-order valence-corrected chi connectivity index (χ2v) is 3.22. The maximum atomic E-state index is 10.5. The zero-order valence-corrected chi connectivity index (χ0v) is 14.7. The maximum Gasteiger partial charge on any atom is 0.342 e. The van der Waals surface area contributed by atoms with Crippen LogP contribution in [0.2, 0.25) is 0 Å². The molecule has 112 valence electrons. The van der Waals surface area contributed by atoms with Gasteiger partial charge in [-0.2, -0.15) is 9.78 Å². The number of hydrogen-bond donors (Lipinski definition) is 0. The van der Waals surface area contributed by atoms with Crippen LogP contribution in [0.4, 0.5) is 0 Å². The number of carbonyl (C=O) groups excluding carboxylic acids is 2. The monoisotopic (exact) mass is 354 g/mol. The molecule has 0 bridgehead atoms. The third kappa shape index (κ3) is 23.3. The molecule has 0 unspecified atom stereocenters. The fraction of sp³-hybridized carbons (Fsp3) is 0.833. The zero-order valence-electron chi connectivity index (χ0n) is 12.2. The van der Waals surface area contributed by atoms with Crippen LogP contribution in [0.5, 0.6) is 0 Å². The maximum absolute atomic E-state index is 10.5. The summed E-state index contributed by atoms with van der Waals surface area (Å²) in [4.78, 5) is 38.3. The molecule has 7 heteroatoms. The molecule has 0 amide bonds. The van der Waals surface area contributed by atoms with E-state index >= 15 is 0 Å². The standard InChI is InChI=1S/2C6H12O3.Zr/c2*1-3-5-6(7)9-8-4-2;/h2*3-5H2,1-2H3;. The van der Waals surface area contributed by atoms with Crippen LogP contribution in [-0.4, -0.2) is 25.2 Å². The largest absolute Gasteiger partial charge is 0.342 e. The van der Waals surface area contributed by atoms with Gasteiger partial charge < -0.3 is 0 Å². The summed E-state index contributed by atoms with van der Waals surface area (Å²) in [5.41, 5.74) is 0. The Balaban J connectivity index is -0.000000256. The minimum atomic E-state index is -0.292. The van der Waals surface area contributed by atoms with E-state index in [9.17, 15) is 9.59 Å². The van der Waals surface area contributed by atoms with E-state index < -0.39 is 0 Å². The van der Waals surface area contributed by atoms with Crippen molar-refractivity contribution < 1.29 is 55.3 Å². The van der Waals surface area contributed by atoms with Gasteiger partial charge in [-0.25, -0.2) is 9.59 Å². The van der Waals surface area contributed by atoms with E-state index in [4.69, 9.17) is 0 Å². The van der Waals surface area contributed by atoms with E-state index in [1.807, 2.05) is 13.8 Å². The third-order valence-electron chi connectivity index (χ3n) is 1.45. The van der Waals surface area contributed by atoms with Gasteiger partial charge >= 0.3 is 11.9 Å². The predicted octanol–water partition coefficient (Wildman–Crippen LogP) is 2.56. The number of rotatable bonds is 8. The topological polar surface area (TPSA) is 71.1 Å². The first-order chi connectivity index (χ1) is 8.62. The quantitative estimate of drug-likeness (QED) is 0.492. The van der Waals surface area contributed by atoms with Crippen LogP contribution in [0.15, 0.2) is 0 Å². The van der Waals surface area contributed by atoms with Gasteiger partial charge in [0.05, 0.1) is 13.2 Å². The molecule has 6 nitrogen and oxygen atoms in total. The van der Waals surface area contributed by atoms with Crippen LogP contribution in [0.3, 0.4) is 0 Å². The van der Waals surface area contributed by atoms with E-state index in [1.54, 1.807) is 13.8 Å². The average Bonchev–Trinajstić information content (AvgIpc) is 2.35. The third-order valence-corrected chi connectivity index (χ3v) is 1.45. The van der Waals surface area contributed by atoms with E-state index in [2.05, 4.69) is 19.6 Å². The van der Waals surface area contributed by atoms with Crippen molar-refractivity contribution in [2.24, 2.45) is 0 Å². The molecule has 0 aliphatic rings. The summed E-state index contributed by atoms with van der Waals surface area (Å²) >= 11 is 0. The molecular weight excluding hydrogens is 331 g/mol. The van der Waals surface area contributed by atoms with Gasteiger partial charge in [-0.1, -0.05) is 13.8 Å². The summed E-state index contributed by atoms with van der Waals surface area (Å²) in [6.45, 7) is 8.17. The van der Waals surface area contributed by atoms with Gasteiger partial charge in [0, 0.05) is 39.0 Å². The van der Waals surface area contributed by atoms with Gasteiger partial charge in [-0.05, 0) is 26.7 Å². The minimum Gasteiger partial charge on any atom is -0.298 e. The first-order valence-electron chi connectivity index (χ1n) is 6.26. The van der Waals surface area contributed by atoms with Crippen molar-refractivity contribution in [3.05, 3.63) is 0 Å². The molecule has 0 N–H and O–H groups in total. The van der Waals surface area contributed by atoms with Crippen molar-refractivity contribution >= 4 is 11.9 Å². The summed E-state index contributed by atoms with van der Waals surface area (Å²) in [6.07, 6.45) is 2.46. The van der Waals surface area contributed by atoms with Crippen LogP contribution in [-0.2, 0) is 55.3 Å². The fourth-order valence-electron chi connectivity index (χ4n) is 0.741. The van der Waals surface area contributed by atoms with E-state index in [-0.39, 0.29) is 38.1 Å². The summed E-state index contributed by atoms with van der Waals surface area (Å²) in [5, 5.41) is 0. The minimum absolute atomic E-state index is 0. The van der Waals surface area contributed by atoms with Crippen molar-refractivity contribution in [3.63, 3.8) is 0 Å². The van der Waals surface area contributed by atoms with E-state index in [0.29, 0.717) is 26.1 Å². The summed E-state index contributed by atoms with van der Waals surface area (Å²) in [6, 6.07) is 0. The van der Waals surface area contributed by atoms with Crippen LogP contribution >= 0.6 is 0 Å². The Bertz CT molecular complexity index is 188. The van der Waals surface area contributed by atoms with Crippen molar-refractivity contribution in [3.8, 4) is 0 Å². The first kappa shape index (κ1) is 23.8. The van der Waals surface area contributed by atoms with Gasteiger partial charge in [0.2, 0.25) is 0 Å². The van der Waals surface area contributed by atoms with Crippen molar-refractivity contribution in [1.29, 1.82) is 0 Å². The van der Waals surface area contributed by atoms with Crippen molar-refractivity contribution in [2.75, 3.05) is 13.2 Å². The van der Waals surface area contributed by atoms with Gasteiger partial charge in [0.25, 0.3) is 0 Å². The van der Waals surface area contributed by atoms with E-state index in [0.717, 1.165) is 12.8 Å². The normalized spacial score (nSPS) is 8.63. The molecule has 0 rings (SSSR count). The predicted molar refractivity (Wildman–Crippen MR) is 65.3 cm³/mol. The van der Waals surface area contributed by atoms with Crippen molar-refractivity contribution in [1.82, 2.24) is 0 Å². The molecule has 0 radical (unpaired) electrons. The summed E-state index contributed by atoms with van der Waals surface area (Å²) < 4.78 is 0. The average molecular weight is 356 g/mol. The second kappa shape index (κ2) is 20.1. The molecule has 0 spiro atoms. The zero-order chi connectivity index (χ0) is 14.2. The molecule has 0 aromatic rings. The molecule has 0 aliphatic heterocycles. The summed E-state index contributed by atoms with van der Waals surface area (Å²) in [5.74, 6) is -0.585. The van der Waals surface area contributed by atoms with Gasteiger partial charge in [0.1, 0.15) is 0 Å². The molecule has 0 fully saturated rings. The van der Waals surface area contributed by atoms with Crippen molar-refractivity contribution in [2.45, 2.75) is 53.4 Å². The van der Waals surface area contributed by atoms with Crippen LogP contribution < -0.4 is 0 Å². The molecule has 0 aliphatic carbocycles. The Kier molecular flexibility index (Phi) is 25.1. The van der Waals surface area contributed by atoms with E-state index in [1.165, 1.54) is 0 Å². The number of carbonyl (C=O) groups is 2. The molecule has 0 aromatic carbocycles. The van der Waals surface area contributed by atoms with Crippen LogP contribution in [0, 0.1) is 0 Å². The summed E-state index contributed by atoms with van der Waals surface area (Å²) in [7, 11) is 0. The Morgan fingerprint density at radius 3 is 1.26 bits per heavy atom. The molecule has 0 aromatic heterocycles. The van der Waals surface area contributed by atoms with Gasteiger partial charge in [-0.3, -0.25) is 9.78 Å². The van der Waals surface area contributed by atoms with Crippen LogP contribution in [0.25, 0.3) is 0 Å². The smallest absolute Gasteiger partial charge is 0.298 e. The molecule has 0 saturated carbocycles. The molecule has 0 atom stereocenters. The molecular formula is C12H24O6Zr. The van der Waals surface area contributed by atoms with Gasteiger partial charge in [0.15, 0.2) is 0 Å². The Labute approximate surface area is 134 Å². The Hall–Kier alpha value is -0.257. The Morgan fingerprint density at radius 2 is 1.05 bits per heavy atom. The molecule has 0 heterocycles. The first-order valence-corrected chi connectivity index (χ1v) is 6.26. The van der Waals surface area contributed by atoms with Crippen LogP contribution in [0.1, 0.15) is 53.4 Å². The number of hydrogen-bond acceptors (Lipinski definition) is 6. The Morgan fingerprint density at radius 1 is 0.737 bits per heavy atom. The SMILES string of the molecule is CCCC(=O)OOCC.CCCC(=O)OOCC.[Zr]. The fourth-order valence-corrected chi connectivity index (χ4v) is 0.741.